The number of carbonyl (C=O) groups excluding carboxylic acids is 1. The van der Waals surface area contributed by atoms with Crippen molar-refractivity contribution in [1.82, 2.24) is 9.55 Å². The molecule has 17 heavy (non-hydrogen) atoms. The van der Waals surface area contributed by atoms with Crippen molar-refractivity contribution in [2.24, 2.45) is 5.73 Å². The molecule has 1 aromatic heterocycles. The first kappa shape index (κ1) is 11.2. The minimum Gasteiger partial charge on any atom is -0.494 e. The lowest BCUT2D eigenvalue weighted by Gasteiger charge is -2.05. The van der Waals surface area contributed by atoms with Crippen LogP contribution in [0.3, 0.4) is 0 Å². The summed E-state index contributed by atoms with van der Waals surface area (Å²) in [7, 11) is 0. The summed E-state index contributed by atoms with van der Waals surface area (Å²) >= 11 is 0. The zero-order chi connectivity index (χ0) is 12.3. The first-order valence-electron chi connectivity index (χ1n) is 5.27. The summed E-state index contributed by atoms with van der Waals surface area (Å²) in [5.41, 5.74) is 6.28. The number of rotatable bonds is 4. The maximum absolute atomic E-state index is 10.9. The highest BCUT2D eigenvalue weighted by molar-refractivity contribution is 5.90. The van der Waals surface area contributed by atoms with Crippen LogP contribution in [0.1, 0.15) is 17.4 Å². The Labute approximate surface area is 98.8 Å². The third-order valence-corrected chi connectivity index (χ3v) is 2.28. The van der Waals surface area contributed by atoms with Gasteiger partial charge in [0.25, 0.3) is 5.91 Å². The van der Waals surface area contributed by atoms with Crippen LogP contribution in [0.25, 0.3) is 5.69 Å². The molecule has 0 atom stereocenters. The van der Waals surface area contributed by atoms with Crippen LogP contribution in [-0.4, -0.2) is 22.1 Å². The molecule has 0 saturated carbocycles. The van der Waals surface area contributed by atoms with E-state index in [1.165, 1.54) is 0 Å². The fourth-order valence-electron chi connectivity index (χ4n) is 1.47. The molecule has 2 aromatic rings. The molecule has 0 fully saturated rings. The van der Waals surface area contributed by atoms with Crippen molar-refractivity contribution >= 4 is 5.91 Å². The number of primary amides is 1. The van der Waals surface area contributed by atoms with Crippen molar-refractivity contribution in [2.75, 3.05) is 6.61 Å². The van der Waals surface area contributed by atoms with E-state index in [9.17, 15) is 4.79 Å². The van der Waals surface area contributed by atoms with E-state index in [1.54, 1.807) is 17.1 Å². The Kier molecular flexibility index (Phi) is 3.09. The van der Waals surface area contributed by atoms with E-state index < -0.39 is 5.91 Å². The van der Waals surface area contributed by atoms with Crippen LogP contribution in [0, 0.1) is 0 Å². The van der Waals surface area contributed by atoms with Gasteiger partial charge < -0.3 is 15.0 Å². The Bertz CT molecular complexity index is 517. The zero-order valence-corrected chi connectivity index (χ0v) is 9.46. The van der Waals surface area contributed by atoms with Crippen LogP contribution in [-0.2, 0) is 0 Å². The Morgan fingerprint density at radius 1 is 1.41 bits per heavy atom. The summed E-state index contributed by atoms with van der Waals surface area (Å²) in [6, 6.07) is 7.50. The molecule has 1 amide bonds. The lowest BCUT2D eigenvalue weighted by molar-refractivity contribution is 0.0996. The van der Waals surface area contributed by atoms with Crippen molar-refractivity contribution in [3.8, 4) is 11.4 Å². The molecule has 0 spiro atoms. The normalized spacial score (nSPS) is 10.2. The molecule has 5 heteroatoms. The van der Waals surface area contributed by atoms with E-state index in [0.717, 1.165) is 11.4 Å². The van der Waals surface area contributed by atoms with Gasteiger partial charge in [0.05, 0.1) is 6.61 Å². The number of ether oxygens (including phenoxy) is 1. The molecule has 88 valence electrons. The summed E-state index contributed by atoms with van der Waals surface area (Å²) in [6.07, 6.45) is 3.15. The molecule has 0 aliphatic carbocycles. The van der Waals surface area contributed by atoms with Gasteiger partial charge in [-0.3, -0.25) is 4.79 Å². The number of benzene rings is 1. The molecule has 1 aromatic carbocycles. The minimum absolute atomic E-state index is 0.249. The SMILES string of the molecule is CCOc1ccc(-n2cnc(C(N)=O)c2)cc1. The van der Waals surface area contributed by atoms with Crippen molar-refractivity contribution in [3.63, 3.8) is 0 Å². The maximum atomic E-state index is 10.9. The Morgan fingerprint density at radius 3 is 2.65 bits per heavy atom. The summed E-state index contributed by atoms with van der Waals surface area (Å²) in [6.45, 7) is 2.57. The van der Waals surface area contributed by atoms with Crippen molar-refractivity contribution in [3.05, 3.63) is 42.5 Å². The lowest BCUT2D eigenvalue weighted by atomic mass is 10.3. The molecule has 1 heterocycles. The zero-order valence-electron chi connectivity index (χ0n) is 9.46. The maximum Gasteiger partial charge on any atom is 0.268 e. The van der Waals surface area contributed by atoms with Crippen LogP contribution in [0.2, 0.25) is 0 Å². The quantitative estimate of drug-likeness (QED) is 0.863. The topological polar surface area (TPSA) is 70.1 Å². The molecule has 0 unspecified atom stereocenters. The minimum atomic E-state index is -0.533. The number of amides is 1. The number of hydrogen-bond donors (Lipinski definition) is 1. The number of imidazole rings is 1. The first-order valence-corrected chi connectivity index (χ1v) is 5.27. The highest BCUT2D eigenvalue weighted by Gasteiger charge is 2.05. The van der Waals surface area contributed by atoms with Crippen molar-refractivity contribution in [2.45, 2.75) is 6.92 Å². The molecule has 2 rings (SSSR count). The molecule has 5 nitrogen and oxygen atoms in total. The average Bonchev–Trinajstić information content (AvgIpc) is 2.80. The smallest absolute Gasteiger partial charge is 0.268 e. The predicted octanol–water partition coefficient (Wildman–Crippen LogP) is 1.37. The average molecular weight is 231 g/mol. The summed E-state index contributed by atoms with van der Waals surface area (Å²) < 4.78 is 7.07. The van der Waals surface area contributed by atoms with Gasteiger partial charge in [0.1, 0.15) is 17.8 Å². The molecular formula is C12H13N3O2. The fourth-order valence-corrected chi connectivity index (χ4v) is 1.47. The third-order valence-electron chi connectivity index (χ3n) is 2.28. The molecule has 0 aliphatic rings. The summed E-state index contributed by atoms with van der Waals surface area (Å²) in [5, 5.41) is 0. The second-order valence-electron chi connectivity index (χ2n) is 3.46. The van der Waals surface area contributed by atoms with Crippen LogP contribution >= 0.6 is 0 Å². The third kappa shape index (κ3) is 2.44. The number of nitrogens with two attached hydrogens (primary N) is 1. The summed E-state index contributed by atoms with van der Waals surface area (Å²) in [5.74, 6) is 0.279. The van der Waals surface area contributed by atoms with Gasteiger partial charge in [0.2, 0.25) is 0 Å². The molecule has 2 N–H and O–H groups in total. The van der Waals surface area contributed by atoms with Gasteiger partial charge in [-0.05, 0) is 31.2 Å². The highest BCUT2D eigenvalue weighted by atomic mass is 16.5. The van der Waals surface area contributed by atoms with Gasteiger partial charge in [0.15, 0.2) is 0 Å². The largest absolute Gasteiger partial charge is 0.494 e. The number of aromatic nitrogens is 2. The lowest BCUT2D eigenvalue weighted by Crippen LogP contribution is -2.11. The van der Waals surface area contributed by atoms with Gasteiger partial charge in [-0.25, -0.2) is 4.98 Å². The monoisotopic (exact) mass is 231 g/mol. The van der Waals surface area contributed by atoms with Crippen LogP contribution in [0.5, 0.6) is 5.75 Å². The van der Waals surface area contributed by atoms with Gasteiger partial charge >= 0.3 is 0 Å². The number of nitrogens with zero attached hydrogens (tertiary/aromatic N) is 2. The van der Waals surface area contributed by atoms with Crippen LogP contribution in [0.15, 0.2) is 36.8 Å². The Morgan fingerprint density at radius 2 is 2.12 bits per heavy atom. The predicted molar refractivity (Wildman–Crippen MR) is 63.3 cm³/mol. The van der Waals surface area contributed by atoms with E-state index in [0.29, 0.717) is 6.61 Å². The van der Waals surface area contributed by atoms with Crippen LogP contribution in [0.4, 0.5) is 0 Å². The Hall–Kier alpha value is -2.30. The molecule has 0 radical (unpaired) electrons. The first-order chi connectivity index (χ1) is 8.20. The van der Waals surface area contributed by atoms with Gasteiger partial charge in [-0.2, -0.15) is 0 Å². The highest BCUT2D eigenvalue weighted by Crippen LogP contribution is 2.15. The van der Waals surface area contributed by atoms with E-state index in [2.05, 4.69) is 4.98 Å². The Balaban J connectivity index is 2.23. The van der Waals surface area contributed by atoms with Crippen molar-refractivity contribution in [1.29, 1.82) is 0 Å². The van der Waals surface area contributed by atoms with Crippen LogP contribution < -0.4 is 10.5 Å². The molecule has 0 aliphatic heterocycles. The second kappa shape index (κ2) is 4.69. The summed E-state index contributed by atoms with van der Waals surface area (Å²) in [4.78, 5) is 14.8. The molecule has 0 bridgehead atoms. The standard InChI is InChI=1S/C12H13N3O2/c1-2-17-10-5-3-9(4-6-10)15-7-11(12(13)16)14-8-15/h3-8H,2H2,1H3,(H2,13,16). The van der Waals surface area contributed by atoms with E-state index >= 15 is 0 Å². The van der Waals surface area contributed by atoms with Gasteiger partial charge in [-0.15, -0.1) is 0 Å². The number of carbonyl (C=O) groups is 1. The number of hydrogen-bond acceptors (Lipinski definition) is 3. The van der Waals surface area contributed by atoms with E-state index in [-0.39, 0.29) is 5.69 Å². The molecule has 0 saturated heterocycles. The van der Waals surface area contributed by atoms with Gasteiger partial charge in [0, 0.05) is 11.9 Å². The van der Waals surface area contributed by atoms with Crippen molar-refractivity contribution < 1.29 is 9.53 Å². The van der Waals surface area contributed by atoms with E-state index in [1.807, 2.05) is 31.2 Å². The molecular weight excluding hydrogens is 218 g/mol. The fraction of sp³-hybridized carbons (Fsp3) is 0.167. The second-order valence-corrected chi connectivity index (χ2v) is 3.46. The van der Waals surface area contributed by atoms with Gasteiger partial charge in [-0.1, -0.05) is 0 Å². The van der Waals surface area contributed by atoms with E-state index in [4.69, 9.17) is 10.5 Å².